The van der Waals surface area contributed by atoms with Crippen LogP contribution in [0, 0.1) is 6.92 Å². The van der Waals surface area contributed by atoms with Gasteiger partial charge in [-0.1, -0.05) is 0 Å². The zero-order valence-corrected chi connectivity index (χ0v) is 12.6. The maximum Gasteiger partial charge on any atom is 0.225 e. The van der Waals surface area contributed by atoms with E-state index in [1.54, 1.807) is 12.4 Å². The highest BCUT2D eigenvalue weighted by Gasteiger charge is 2.23. The van der Waals surface area contributed by atoms with Crippen LogP contribution in [0.2, 0.25) is 0 Å². The Morgan fingerprint density at radius 2 is 1.91 bits per heavy atom. The molecule has 1 saturated heterocycles. The first-order chi connectivity index (χ1) is 10.8. The van der Waals surface area contributed by atoms with Gasteiger partial charge in [-0.3, -0.25) is 0 Å². The molecule has 1 fully saturated rings. The van der Waals surface area contributed by atoms with E-state index in [1.165, 1.54) is 5.69 Å². The molecule has 0 amide bonds. The van der Waals surface area contributed by atoms with Crippen molar-refractivity contribution in [2.45, 2.75) is 25.7 Å². The molecule has 6 nitrogen and oxygen atoms in total. The fourth-order valence-electron chi connectivity index (χ4n) is 3.07. The number of anilines is 1. The Balaban J connectivity index is 1.50. The minimum absolute atomic E-state index is 0.500. The molecular weight excluding hydrogens is 276 g/mol. The monoisotopic (exact) mass is 294 g/mol. The quantitative estimate of drug-likeness (QED) is 0.725. The second-order valence-corrected chi connectivity index (χ2v) is 5.75. The Kier molecular flexibility index (Phi) is 3.21. The van der Waals surface area contributed by atoms with Gasteiger partial charge in [-0.15, -0.1) is 0 Å². The smallest absolute Gasteiger partial charge is 0.225 e. The minimum atomic E-state index is 0.500. The van der Waals surface area contributed by atoms with Gasteiger partial charge in [0.15, 0.2) is 5.65 Å². The average molecular weight is 294 g/mol. The maximum atomic E-state index is 4.77. The van der Waals surface area contributed by atoms with Gasteiger partial charge < -0.3 is 4.90 Å². The molecule has 0 atom stereocenters. The number of fused-ring (bicyclic) bond motifs is 1. The molecule has 3 aromatic heterocycles. The zero-order chi connectivity index (χ0) is 14.9. The summed E-state index contributed by atoms with van der Waals surface area (Å²) in [7, 11) is 0. The summed E-state index contributed by atoms with van der Waals surface area (Å²) >= 11 is 0. The van der Waals surface area contributed by atoms with E-state index in [-0.39, 0.29) is 0 Å². The molecule has 22 heavy (non-hydrogen) atoms. The van der Waals surface area contributed by atoms with Crippen LogP contribution in [0.4, 0.5) is 5.95 Å². The first-order valence-corrected chi connectivity index (χ1v) is 7.64. The summed E-state index contributed by atoms with van der Waals surface area (Å²) in [6.07, 6.45) is 7.76. The summed E-state index contributed by atoms with van der Waals surface area (Å²) in [6, 6.07) is 5.97. The van der Waals surface area contributed by atoms with Crippen LogP contribution in [0.25, 0.3) is 5.65 Å². The Bertz CT molecular complexity index is 774. The first-order valence-electron chi connectivity index (χ1n) is 7.64. The van der Waals surface area contributed by atoms with Crippen molar-refractivity contribution >= 4 is 11.6 Å². The van der Waals surface area contributed by atoms with Crippen LogP contribution in [0.15, 0.2) is 36.8 Å². The second kappa shape index (κ2) is 5.36. The van der Waals surface area contributed by atoms with Crippen LogP contribution in [0.5, 0.6) is 0 Å². The summed E-state index contributed by atoms with van der Waals surface area (Å²) in [5.74, 6) is 1.33. The summed E-state index contributed by atoms with van der Waals surface area (Å²) in [4.78, 5) is 15.7. The zero-order valence-electron chi connectivity index (χ0n) is 12.6. The summed E-state index contributed by atoms with van der Waals surface area (Å²) < 4.78 is 1.84. The molecule has 0 saturated carbocycles. The summed E-state index contributed by atoms with van der Waals surface area (Å²) in [5.41, 5.74) is 3.10. The van der Waals surface area contributed by atoms with Crippen molar-refractivity contribution in [1.29, 1.82) is 0 Å². The number of rotatable bonds is 2. The molecule has 112 valence electrons. The van der Waals surface area contributed by atoms with Crippen LogP contribution < -0.4 is 4.90 Å². The molecule has 0 N–H and O–H groups in total. The number of aromatic nitrogens is 5. The van der Waals surface area contributed by atoms with Gasteiger partial charge in [-0.25, -0.2) is 19.5 Å². The molecule has 0 spiro atoms. The first kappa shape index (κ1) is 13.2. The fraction of sp³-hybridized carbons (Fsp3) is 0.375. The Hall–Kier alpha value is -2.50. The molecule has 4 heterocycles. The number of piperidine rings is 1. The van der Waals surface area contributed by atoms with Gasteiger partial charge in [0.2, 0.25) is 5.95 Å². The highest BCUT2D eigenvalue weighted by atomic mass is 15.3. The molecular formula is C16H18N6. The molecule has 0 bridgehead atoms. The van der Waals surface area contributed by atoms with Gasteiger partial charge in [0.05, 0.1) is 5.69 Å². The standard InChI is InChI=1S/C16H18N6/c1-12-11-15-19-14(5-10-22(15)20-12)13-3-8-21(9-4-13)16-17-6-2-7-18-16/h2,5-7,10-11,13H,3-4,8-9H2,1H3. The Labute approximate surface area is 128 Å². The third kappa shape index (κ3) is 2.41. The number of hydrogen-bond acceptors (Lipinski definition) is 5. The van der Waals surface area contributed by atoms with E-state index >= 15 is 0 Å². The fourth-order valence-corrected chi connectivity index (χ4v) is 3.07. The predicted octanol–water partition coefficient (Wildman–Crippen LogP) is 2.21. The average Bonchev–Trinajstić information content (AvgIpc) is 2.95. The van der Waals surface area contributed by atoms with E-state index in [1.807, 2.05) is 29.8 Å². The molecule has 0 radical (unpaired) electrons. The third-order valence-electron chi connectivity index (χ3n) is 4.22. The predicted molar refractivity (Wildman–Crippen MR) is 83.9 cm³/mol. The van der Waals surface area contributed by atoms with E-state index in [9.17, 15) is 0 Å². The normalized spacial score (nSPS) is 16.3. The molecule has 3 aromatic rings. The lowest BCUT2D eigenvalue weighted by molar-refractivity contribution is 0.490. The largest absolute Gasteiger partial charge is 0.341 e. The van der Waals surface area contributed by atoms with Crippen LogP contribution in [0.1, 0.15) is 30.1 Å². The third-order valence-corrected chi connectivity index (χ3v) is 4.22. The van der Waals surface area contributed by atoms with Gasteiger partial charge in [0.1, 0.15) is 0 Å². The highest BCUT2D eigenvalue weighted by Crippen LogP contribution is 2.28. The lowest BCUT2D eigenvalue weighted by Gasteiger charge is -2.31. The molecule has 0 aliphatic carbocycles. The van der Waals surface area contributed by atoms with Gasteiger partial charge in [0, 0.05) is 49.4 Å². The minimum Gasteiger partial charge on any atom is -0.341 e. The lowest BCUT2D eigenvalue weighted by Crippen LogP contribution is -2.34. The van der Waals surface area contributed by atoms with Gasteiger partial charge in [-0.05, 0) is 31.9 Å². The topological polar surface area (TPSA) is 59.2 Å². The number of aryl methyl sites for hydroxylation is 1. The number of hydrogen-bond donors (Lipinski definition) is 0. The second-order valence-electron chi connectivity index (χ2n) is 5.75. The van der Waals surface area contributed by atoms with Crippen LogP contribution >= 0.6 is 0 Å². The molecule has 0 aromatic carbocycles. The van der Waals surface area contributed by atoms with Crippen molar-refractivity contribution in [1.82, 2.24) is 24.6 Å². The Morgan fingerprint density at radius 3 is 2.68 bits per heavy atom. The summed E-state index contributed by atoms with van der Waals surface area (Å²) in [6.45, 7) is 3.94. The molecule has 1 aliphatic rings. The van der Waals surface area contributed by atoms with Gasteiger partial charge >= 0.3 is 0 Å². The van der Waals surface area contributed by atoms with Crippen LogP contribution in [0.3, 0.4) is 0 Å². The van der Waals surface area contributed by atoms with E-state index in [4.69, 9.17) is 4.98 Å². The van der Waals surface area contributed by atoms with Crippen molar-refractivity contribution in [2.24, 2.45) is 0 Å². The van der Waals surface area contributed by atoms with Crippen molar-refractivity contribution in [3.63, 3.8) is 0 Å². The van der Waals surface area contributed by atoms with E-state index in [0.29, 0.717) is 5.92 Å². The van der Waals surface area contributed by atoms with Gasteiger partial charge in [-0.2, -0.15) is 5.10 Å². The summed E-state index contributed by atoms with van der Waals surface area (Å²) in [5, 5.41) is 4.38. The van der Waals surface area contributed by atoms with Crippen LogP contribution in [-0.2, 0) is 0 Å². The lowest BCUT2D eigenvalue weighted by atomic mass is 9.93. The van der Waals surface area contributed by atoms with E-state index in [0.717, 1.165) is 43.2 Å². The van der Waals surface area contributed by atoms with Crippen molar-refractivity contribution in [3.8, 4) is 0 Å². The molecule has 0 unspecified atom stereocenters. The van der Waals surface area contributed by atoms with E-state index < -0.39 is 0 Å². The van der Waals surface area contributed by atoms with Gasteiger partial charge in [0.25, 0.3) is 0 Å². The van der Waals surface area contributed by atoms with E-state index in [2.05, 4.69) is 26.0 Å². The van der Waals surface area contributed by atoms with Crippen molar-refractivity contribution < 1.29 is 0 Å². The molecule has 6 heteroatoms. The van der Waals surface area contributed by atoms with Crippen LogP contribution in [-0.4, -0.2) is 37.7 Å². The maximum absolute atomic E-state index is 4.77. The number of nitrogens with zero attached hydrogens (tertiary/aromatic N) is 6. The molecule has 4 rings (SSSR count). The Morgan fingerprint density at radius 1 is 1.14 bits per heavy atom. The molecule has 1 aliphatic heterocycles. The highest BCUT2D eigenvalue weighted by molar-refractivity contribution is 5.40. The van der Waals surface area contributed by atoms with Crippen molar-refractivity contribution in [2.75, 3.05) is 18.0 Å². The van der Waals surface area contributed by atoms with Crippen molar-refractivity contribution in [3.05, 3.63) is 48.2 Å². The SMILES string of the molecule is Cc1cc2nc(C3CCN(c4ncccn4)CC3)ccn2n1.